The molecule has 2 aliphatic rings. The van der Waals surface area contributed by atoms with Crippen LogP contribution in [0.3, 0.4) is 0 Å². The third-order valence-electron chi connectivity index (χ3n) is 5.10. The van der Waals surface area contributed by atoms with E-state index in [1.165, 1.54) is 4.88 Å². The minimum atomic E-state index is -0.416. The number of hydrogen-bond acceptors (Lipinski definition) is 6. The highest BCUT2D eigenvalue weighted by Gasteiger charge is 2.47. The molecule has 27 heavy (non-hydrogen) atoms. The topological polar surface area (TPSA) is 69.7 Å². The third-order valence-corrected chi connectivity index (χ3v) is 6.29. The predicted molar refractivity (Wildman–Crippen MR) is 108 cm³/mol. The molecule has 2 aromatic heterocycles. The lowest BCUT2D eigenvalue weighted by molar-refractivity contribution is -0.0993. The van der Waals surface area contributed by atoms with Crippen molar-refractivity contribution in [3.63, 3.8) is 0 Å². The molecule has 140 valence electrons. The Morgan fingerprint density at radius 2 is 2.15 bits per heavy atom. The van der Waals surface area contributed by atoms with E-state index in [4.69, 9.17) is 15.2 Å². The highest BCUT2D eigenvalue weighted by Crippen LogP contribution is 2.45. The Balaban J connectivity index is 1.66. The lowest BCUT2D eigenvalue weighted by Gasteiger charge is -2.44. The van der Waals surface area contributed by atoms with Gasteiger partial charge in [0.25, 0.3) is 6.02 Å². The Morgan fingerprint density at radius 1 is 1.26 bits per heavy atom. The van der Waals surface area contributed by atoms with Crippen molar-refractivity contribution < 1.29 is 9.47 Å². The van der Waals surface area contributed by atoms with E-state index in [2.05, 4.69) is 46.3 Å². The first-order valence-electron chi connectivity index (χ1n) is 9.11. The van der Waals surface area contributed by atoms with Crippen LogP contribution in [-0.2, 0) is 15.0 Å². The maximum atomic E-state index is 6.08. The fourth-order valence-corrected chi connectivity index (χ4v) is 4.98. The number of aromatic nitrogens is 1. The van der Waals surface area contributed by atoms with Crippen LogP contribution in [0.15, 0.2) is 34.9 Å². The first-order valence-corrected chi connectivity index (χ1v) is 9.99. The molecule has 5 nitrogen and oxygen atoms in total. The highest BCUT2D eigenvalue weighted by molar-refractivity contribution is 7.10. The molecular weight excluding hydrogens is 358 g/mol. The molecule has 2 N–H and O–H groups in total. The van der Waals surface area contributed by atoms with Crippen LogP contribution < -0.4 is 5.73 Å². The molecule has 0 aliphatic carbocycles. The van der Waals surface area contributed by atoms with Gasteiger partial charge in [0.05, 0.1) is 6.61 Å². The molecule has 1 spiro atoms. The van der Waals surface area contributed by atoms with Gasteiger partial charge in [-0.1, -0.05) is 5.92 Å². The van der Waals surface area contributed by atoms with Crippen molar-refractivity contribution in [2.45, 2.75) is 44.2 Å². The van der Waals surface area contributed by atoms with Gasteiger partial charge in [0.2, 0.25) is 0 Å². The molecule has 0 aromatic carbocycles. The van der Waals surface area contributed by atoms with Crippen molar-refractivity contribution in [2.75, 3.05) is 13.2 Å². The summed E-state index contributed by atoms with van der Waals surface area (Å²) in [6, 6.07) is 4.51. The van der Waals surface area contributed by atoms with E-state index in [-0.39, 0.29) is 11.6 Å². The summed E-state index contributed by atoms with van der Waals surface area (Å²) in [5, 5.41) is 2.14. The molecule has 1 fully saturated rings. The maximum absolute atomic E-state index is 6.08. The second kappa shape index (κ2) is 6.99. The average molecular weight is 382 g/mol. The molecule has 2 atom stereocenters. The summed E-state index contributed by atoms with van der Waals surface area (Å²) in [6.45, 7) is 5.31. The van der Waals surface area contributed by atoms with Crippen LogP contribution in [-0.4, -0.2) is 29.8 Å². The van der Waals surface area contributed by atoms with Crippen LogP contribution in [0.1, 0.15) is 43.6 Å². The van der Waals surface area contributed by atoms with Gasteiger partial charge in [0.1, 0.15) is 11.1 Å². The number of pyridine rings is 1. The largest absolute Gasteiger partial charge is 0.456 e. The Labute approximate surface area is 163 Å². The van der Waals surface area contributed by atoms with Gasteiger partial charge in [-0.05, 0) is 49.8 Å². The average Bonchev–Trinajstić information content (AvgIpc) is 3.13. The standard InChI is InChI=1S/C21H23N3O2S/c1-3-5-15-8-16(11-23-10-15)17-9-18(27-12-17)20(2)13-21(26-19(22)24-20)6-4-7-25-14-21/h8-12H,4,6-7,13-14H2,1-2H3,(H2,22,24). The lowest BCUT2D eigenvalue weighted by Crippen LogP contribution is -2.52. The van der Waals surface area contributed by atoms with Gasteiger partial charge < -0.3 is 15.2 Å². The first-order chi connectivity index (χ1) is 13.0. The number of ether oxygens (including phenoxy) is 2. The SMILES string of the molecule is CC#Cc1cncc(-c2csc(C3(C)CC4(CCCOC4)OC(N)=N3)c2)c1. The maximum Gasteiger partial charge on any atom is 0.283 e. The Kier molecular flexibility index (Phi) is 4.67. The highest BCUT2D eigenvalue weighted by atomic mass is 32.1. The van der Waals surface area contributed by atoms with Crippen molar-refractivity contribution in [1.29, 1.82) is 0 Å². The van der Waals surface area contributed by atoms with Gasteiger partial charge in [-0.3, -0.25) is 4.98 Å². The van der Waals surface area contributed by atoms with E-state index in [1.54, 1.807) is 17.5 Å². The molecule has 2 aromatic rings. The Morgan fingerprint density at radius 3 is 2.93 bits per heavy atom. The molecule has 4 heterocycles. The van der Waals surface area contributed by atoms with E-state index in [0.29, 0.717) is 6.61 Å². The molecule has 1 saturated heterocycles. The monoisotopic (exact) mass is 381 g/mol. The lowest BCUT2D eigenvalue weighted by atomic mass is 9.80. The first kappa shape index (κ1) is 18.0. The number of thiophene rings is 1. The Bertz CT molecular complexity index is 934. The summed E-state index contributed by atoms with van der Waals surface area (Å²) in [4.78, 5) is 10.2. The van der Waals surface area contributed by atoms with Gasteiger partial charge >= 0.3 is 0 Å². The molecular formula is C21H23N3O2S. The molecule has 0 bridgehead atoms. The summed E-state index contributed by atoms with van der Waals surface area (Å²) in [6.07, 6.45) is 6.34. The summed E-state index contributed by atoms with van der Waals surface area (Å²) in [5.41, 5.74) is 8.38. The number of nitrogens with zero attached hydrogens (tertiary/aromatic N) is 2. The van der Waals surface area contributed by atoms with Crippen molar-refractivity contribution >= 4 is 17.4 Å². The van der Waals surface area contributed by atoms with Crippen LogP contribution in [0.2, 0.25) is 0 Å². The molecule has 2 unspecified atom stereocenters. The van der Waals surface area contributed by atoms with E-state index in [9.17, 15) is 0 Å². The van der Waals surface area contributed by atoms with Crippen molar-refractivity contribution in [3.05, 3.63) is 40.3 Å². The number of hydrogen-bond donors (Lipinski definition) is 1. The number of amidine groups is 1. The van der Waals surface area contributed by atoms with Gasteiger partial charge in [-0.15, -0.1) is 17.3 Å². The van der Waals surface area contributed by atoms with Crippen molar-refractivity contribution in [1.82, 2.24) is 4.98 Å². The number of nitrogens with two attached hydrogens (primary N) is 1. The van der Waals surface area contributed by atoms with Crippen molar-refractivity contribution in [3.8, 4) is 23.0 Å². The number of aliphatic imine (C=N–C) groups is 1. The summed E-state index contributed by atoms with van der Waals surface area (Å²) < 4.78 is 11.6. The van der Waals surface area contributed by atoms with Crippen LogP contribution in [0, 0.1) is 11.8 Å². The van der Waals surface area contributed by atoms with Crippen LogP contribution in [0.25, 0.3) is 11.1 Å². The normalized spacial score (nSPS) is 27.4. The van der Waals surface area contributed by atoms with Crippen LogP contribution >= 0.6 is 11.3 Å². The molecule has 0 saturated carbocycles. The molecule has 6 heteroatoms. The van der Waals surface area contributed by atoms with Crippen LogP contribution in [0.5, 0.6) is 0 Å². The summed E-state index contributed by atoms with van der Waals surface area (Å²) >= 11 is 1.70. The van der Waals surface area contributed by atoms with Gasteiger partial charge in [-0.25, -0.2) is 4.99 Å². The minimum Gasteiger partial charge on any atom is -0.456 e. The smallest absolute Gasteiger partial charge is 0.283 e. The van der Waals surface area contributed by atoms with Gasteiger partial charge in [-0.2, -0.15) is 0 Å². The fraction of sp³-hybridized carbons (Fsp3) is 0.429. The van der Waals surface area contributed by atoms with E-state index >= 15 is 0 Å². The van der Waals surface area contributed by atoms with E-state index in [0.717, 1.165) is 42.6 Å². The van der Waals surface area contributed by atoms with Crippen molar-refractivity contribution in [2.24, 2.45) is 10.7 Å². The van der Waals surface area contributed by atoms with Gasteiger partial charge in [0, 0.05) is 41.4 Å². The summed E-state index contributed by atoms with van der Waals surface area (Å²) in [7, 11) is 0. The zero-order valence-electron chi connectivity index (χ0n) is 15.6. The molecule has 4 rings (SSSR count). The second-order valence-electron chi connectivity index (χ2n) is 7.38. The quantitative estimate of drug-likeness (QED) is 0.806. The Hall–Kier alpha value is -2.36. The molecule has 0 amide bonds. The zero-order valence-corrected chi connectivity index (χ0v) is 16.4. The molecule has 2 aliphatic heterocycles. The number of rotatable bonds is 2. The second-order valence-corrected chi connectivity index (χ2v) is 8.29. The third kappa shape index (κ3) is 3.58. The minimum absolute atomic E-state index is 0.256. The van der Waals surface area contributed by atoms with E-state index in [1.807, 2.05) is 13.1 Å². The van der Waals surface area contributed by atoms with E-state index < -0.39 is 5.54 Å². The predicted octanol–water partition coefficient (Wildman–Crippen LogP) is 3.68. The van der Waals surface area contributed by atoms with Crippen LogP contribution in [0.4, 0.5) is 0 Å². The molecule has 0 radical (unpaired) electrons. The van der Waals surface area contributed by atoms with Gasteiger partial charge in [0.15, 0.2) is 0 Å². The zero-order chi connectivity index (χ0) is 18.9. The summed E-state index contributed by atoms with van der Waals surface area (Å²) in [5.74, 6) is 5.98. The fourth-order valence-electron chi connectivity index (χ4n) is 3.96.